The van der Waals surface area contributed by atoms with Crippen LogP contribution in [0.2, 0.25) is 0 Å². The molecule has 0 spiro atoms. The molecule has 98 valence electrons. The molecule has 0 amide bonds. The molecule has 5 nitrogen and oxygen atoms in total. The Hall–Kier alpha value is -2.30. The number of nitriles is 1. The Bertz CT molecular complexity index is 715. The molecule has 2 heterocycles. The van der Waals surface area contributed by atoms with E-state index in [0.717, 1.165) is 10.7 Å². The number of rotatable bonds is 2. The van der Waals surface area contributed by atoms with E-state index in [1.165, 1.54) is 0 Å². The molecule has 0 bridgehead atoms. The van der Waals surface area contributed by atoms with Crippen molar-refractivity contribution in [3.8, 4) is 6.07 Å². The number of nitrogens with zero attached hydrogens (tertiary/aromatic N) is 4. The Kier molecular flexibility index (Phi) is 2.23. The summed E-state index contributed by atoms with van der Waals surface area (Å²) in [5.41, 5.74) is 5.20. The van der Waals surface area contributed by atoms with Crippen LogP contribution < -0.4 is 5.73 Å². The molecule has 0 radical (unpaired) electrons. The average Bonchev–Trinajstić information content (AvgIpc) is 2.86. The van der Waals surface area contributed by atoms with E-state index in [1.54, 1.807) is 6.07 Å². The number of aromatic nitrogens is 3. The van der Waals surface area contributed by atoms with Crippen LogP contribution in [0.25, 0.3) is 5.52 Å². The minimum atomic E-state index is -2.74. The quantitative estimate of drug-likeness (QED) is 0.894. The predicted octanol–water partition coefficient (Wildman–Crippen LogP) is 1.52. The van der Waals surface area contributed by atoms with Gasteiger partial charge in [-0.3, -0.25) is 0 Å². The van der Waals surface area contributed by atoms with Gasteiger partial charge >= 0.3 is 0 Å². The Morgan fingerprint density at radius 2 is 2.26 bits per heavy atom. The molecule has 3 rings (SSSR count). The third-order valence-corrected chi connectivity index (χ3v) is 3.25. The zero-order chi connectivity index (χ0) is 13.8. The molecular formula is C11H8F3N5. The summed E-state index contributed by atoms with van der Waals surface area (Å²) in [6, 6.07) is 1.68. The number of hydrogen-bond acceptors (Lipinski definition) is 4. The highest BCUT2D eigenvalue weighted by atomic mass is 19.3. The second-order valence-corrected chi connectivity index (χ2v) is 4.53. The molecule has 8 heteroatoms. The van der Waals surface area contributed by atoms with E-state index in [9.17, 15) is 13.2 Å². The van der Waals surface area contributed by atoms with E-state index in [1.807, 2.05) is 0 Å². The van der Waals surface area contributed by atoms with Crippen molar-refractivity contribution in [2.24, 2.45) is 5.92 Å². The molecule has 1 fully saturated rings. The number of halogens is 3. The fourth-order valence-electron chi connectivity index (χ4n) is 2.11. The first-order valence-electron chi connectivity index (χ1n) is 5.53. The van der Waals surface area contributed by atoms with E-state index in [-0.39, 0.29) is 35.6 Å². The summed E-state index contributed by atoms with van der Waals surface area (Å²) in [6.45, 7) is 0. The van der Waals surface area contributed by atoms with Crippen molar-refractivity contribution in [3.05, 3.63) is 23.3 Å². The molecule has 19 heavy (non-hydrogen) atoms. The van der Waals surface area contributed by atoms with Crippen LogP contribution in [0.15, 0.2) is 6.20 Å². The highest BCUT2D eigenvalue weighted by Crippen LogP contribution is 2.50. The predicted molar refractivity (Wildman–Crippen MR) is 58.8 cm³/mol. The Morgan fingerprint density at radius 3 is 2.84 bits per heavy atom. The number of nitrogens with two attached hydrogens (primary N) is 1. The Balaban J connectivity index is 2.16. The van der Waals surface area contributed by atoms with E-state index >= 15 is 0 Å². The first-order valence-corrected chi connectivity index (χ1v) is 5.53. The van der Waals surface area contributed by atoms with E-state index in [0.29, 0.717) is 0 Å². The highest BCUT2D eigenvalue weighted by molar-refractivity contribution is 5.57. The molecule has 1 saturated carbocycles. The molecule has 2 N–H and O–H groups in total. The Morgan fingerprint density at radius 1 is 1.58 bits per heavy atom. The van der Waals surface area contributed by atoms with Crippen LogP contribution in [0.5, 0.6) is 0 Å². The largest absolute Gasteiger partial charge is 0.367 e. The van der Waals surface area contributed by atoms with E-state index in [4.69, 9.17) is 11.0 Å². The van der Waals surface area contributed by atoms with Crippen molar-refractivity contribution >= 4 is 11.5 Å². The van der Waals surface area contributed by atoms with Gasteiger partial charge in [0.15, 0.2) is 5.82 Å². The van der Waals surface area contributed by atoms with Crippen molar-refractivity contribution in [1.29, 1.82) is 5.26 Å². The number of fused-ring (bicyclic) bond motifs is 1. The fourth-order valence-corrected chi connectivity index (χ4v) is 2.11. The van der Waals surface area contributed by atoms with Crippen LogP contribution in [0.1, 0.15) is 17.7 Å². The number of alkyl halides is 2. The summed E-state index contributed by atoms with van der Waals surface area (Å²) < 4.78 is 40.9. The molecule has 1 atom stereocenters. The van der Waals surface area contributed by atoms with Crippen LogP contribution >= 0.6 is 0 Å². The van der Waals surface area contributed by atoms with Gasteiger partial charge in [0.05, 0.1) is 11.9 Å². The van der Waals surface area contributed by atoms with Gasteiger partial charge in [-0.1, -0.05) is 0 Å². The van der Waals surface area contributed by atoms with Gasteiger partial charge in [0.1, 0.15) is 17.1 Å². The van der Waals surface area contributed by atoms with Crippen LogP contribution in [0, 0.1) is 23.1 Å². The van der Waals surface area contributed by atoms with Gasteiger partial charge in [-0.2, -0.15) is 5.26 Å². The molecule has 1 aliphatic carbocycles. The number of anilines is 1. The maximum Gasteiger partial charge on any atom is 0.252 e. The van der Waals surface area contributed by atoms with Crippen LogP contribution in [0.4, 0.5) is 19.1 Å². The topological polar surface area (TPSA) is 80.0 Å². The van der Waals surface area contributed by atoms with Crippen molar-refractivity contribution in [3.63, 3.8) is 0 Å². The van der Waals surface area contributed by atoms with Crippen molar-refractivity contribution in [1.82, 2.24) is 14.6 Å². The second kappa shape index (κ2) is 3.60. The molecule has 2 aromatic rings. The second-order valence-electron chi connectivity index (χ2n) is 4.53. The summed E-state index contributed by atoms with van der Waals surface area (Å²) in [5, 5.41) is 12.7. The van der Waals surface area contributed by atoms with Crippen molar-refractivity contribution in [2.45, 2.75) is 18.8 Å². The van der Waals surface area contributed by atoms with Gasteiger partial charge in [-0.25, -0.2) is 22.7 Å². The van der Waals surface area contributed by atoms with E-state index in [2.05, 4.69) is 10.1 Å². The van der Waals surface area contributed by atoms with Gasteiger partial charge in [0.2, 0.25) is 5.95 Å². The number of hydrogen-bond donors (Lipinski definition) is 1. The fraction of sp³-hybridized carbons (Fsp3) is 0.364. The molecule has 1 aliphatic rings. The summed E-state index contributed by atoms with van der Waals surface area (Å²) in [7, 11) is 0. The zero-order valence-corrected chi connectivity index (χ0v) is 9.57. The average molecular weight is 267 g/mol. The van der Waals surface area contributed by atoms with Crippen molar-refractivity contribution in [2.75, 3.05) is 5.73 Å². The maximum atomic E-state index is 13.9. The SMILES string of the molecule is N#Cc1c(F)c2cnc(N)nn2c1CC1CC1(F)F. The molecule has 0 saturated heterocycles. The first kappa shape index (κ1) is 11.8. The summed E-state index contributed by atoms with van der Waals surface area (Å²) in [6.07, 6.45) is 0.762. The zero-order valence-electron chi connectivity index (χ0n) is 9.57. The Labute approximate surface area is 105 Å². The van der Waals surface area contributed by atoms with Gasteiger partial charge in [-0.05, 0) is 6.42 Å². The maximum absolute atomic E-state index is 13.9. The summed E-state index contributed by atoms with van der Waals surface area (Å²) in [4.78, 5) is 3.63. The lowest BCUT2D eigenvalue weighted by Crippen LogP contribution is -2.06. The standard InChI is InChI=1S/C11H8F3N5/c12-9-6(3-15)7(1-5-2-11(5,13)14)19-8(9)4-17-10(16)18-19/h4-5H,1-2H2,(H2,16,18). The monoisotopic (exact) mass is 267 g/mol. The van der Waals surface area contributed by atoms with Crippen LogP contribution in [-0.4, -0.2) is 20.5 Å². The minimum absolute atomic E-state index is 0.0373. The van der Waals surface area contributed by atoms with Crippen LogP contribution in [-0.2, 0) is 6.42 Å². The van der Waals surface area contributed by atoms with Gasteiger partial charge < -0.3 is 5.73 Å². The van der Waals surface area contributed by atoms with Gasteiger partial charge in [-0.15, -0.1) is 5.10 Å². The van der Waals surface area contributed by atoms with Crippen molar-refractivity contribution < 1.29 is 13.2 Å². The smallest absolute Gasteiger partial charge is 0.252 e. The summed E-state index contributed by atoms with van der Waals surface area (Å²) >= 11 is 0. The van der Waals surface area contributed by atoms with Gasteiger partial charge in [0, 0.05) is 12.3 Å². The molecular weight excluding hydrogens is 259 g/mol. The first-order chi connectivity index (χ1) is 8.94. The lowest BCUT2D eigenvalue weighted by molar-refractivity contribution is 0.0986. The number of nitrogen functional groups attached to an aromatic ring is 1. The molecule has 2 aromatic heterocycles. The van der Waals surface area contributed by atoms with Gasteiger partial charge in [0.25, 0.3) is 5.92 Å². The third-order valence-electron chi connectivity index (χ3n) is 3.25. The lowest BCUT2D eigenvalue weighted by Gasteiger charge is -2.02. The highest BCUT2D eigenvalue weighted by Gasteiger charge is 2.57. The molecule has 1 unspecified atom stereocenters. The molecule has 0 aliphatic heterocycles. The molecule has 0 aromatic carbocycles. The van der Waals surface area contributed by atoms with Crippen LogP contribution in [0.3, 0.4) is 0 Å². The third kappa shape index (κ3) is 1.69. The van der Waals surface area contributed by atoms with E-state index < -0.39 is 17.7 Å². The minimum Gasteiger partial charge on any atom is -0.367 e. The normalized spacial score (nSPS) is 20.4. The lowest BCUT2D eigenvalue weighted by atomic mass is 10.1. The summed E-state index contributed by atoms with van der Waals surface area (Å²) in [5.74, 6) is -4.54.